The van der Waals surface area contributed by atoms with Gasteiger partial charge in [-0.05, 0) is 39.3 Å². The fourth-order valence-electron chi connectivity index (χ4n) is 2.34. The van der Waals surface area contributed by atoms with E-state index in [0.717, 1.165) is 0 Å². The molecule has 0 radical (unpaired) electrons. The molecule has 21 heavy (non-hydrogen) atoms. The Morgan fingerprint density at radius 2 is 2.05 bits per heavy atom. The lowest BCUT2D eigenvalue weighted by Crippen LogP contribution is -2.35. The van der Waals surface area contributed by atoms with Gasteiger partial charge in [0.15, 0.2) is 5.78 Å². The summed E-state index contributed by atoms with van der Waals surface area (Å²) in [6.07, 6.45) is 0.172. The van der Waals surface area contributed by atoms with Crippen LogP contribution >= 0.6 is 0 Å². The zero-order chi connectivity index (χ0) is 15.6. The molecule has 1 aliphatic heterocycles. The van der Waals surface area contributed by atoms with E-state index in [0.29, 0.717) is 25.1 Å². The molecule has 1 aromatic carbocycles. The lowest BCUT2D eigenvalue weighted by molar-refractivity contribution is 0.0289. The third-order valence-electron chi connectivity index (χ3n) is 3.32. The van der Waals surface area contributed by atoms with Crippen molar-refractivity contribution in [2.24, 2.45) is 5.92 Å². The molecule has 1 fully saturated rings. The van der Waals surface area contributed by atoms with Crippen molar-refractivity contribution in [1.82, 2.24) is 4.90 Å². The molecule has 0 spiro atoms. The molecule has 114 valence electrons. The molecule has 4 nitrogen and oxygen atoms in total. The van der Waals surface area contributed by atoms with Crippen molar-refractivity contribution in [1.29, 1.82) is 0 Å². The molecule has 5 heteroatoms. The Balaban J connectivity index is 1.99. The minimum Gasteiger partial charge on any atom is -0.444 e. The molecule has 0 bridgehead atoms. The van der Waals surface area contributed by atoms with Crippen molar-refractivity contribution in [3.63, 3.8) is 0 Å². The van der Waals surface area contributed by atoms with Crippen LogP contribution in [0.2, 0.25) is 0 Å². The second-order valence-electron chi connectivity index (χ2n) is 6.29. The number of nitrogens with zero attached hydrogens (tertiary/aromatic N) is 1. The summed E-state index contributed by atoms with van der Waals surface area (Å²) in [6.45, 7) is 6.22. The average molecular weight is 293 g/mol. The smallest absolute Gasteiger partial charge is 0.410 e. The number of carbonyl (C=O) groups excluding carboxylic acids is 2. The molecule has 1 aromatic rings. The molecule has 0 aliphatic carbocycles. The summed E-state index contributed by atoms with van der Waals surface area (Å²) in [5.74, 6) is -0.845. The molecule has 1 heterocycles. The third-order valence-corrected chi connectivity index (χ3v) is 3.32. The van der Waals surface area contributed by atoms with Crippen molar-refractivity contribution in [3.8, 4) is 0 Å². The molecule has 0 saturated carbocycles. The Morgan fingerprint density at radius 1 is 1.33 bits per heavy atom. The van der Waals surface area contributed by atoms with Gasteiger partial charge >= 0.3 is 6.09 Å². The van der Waals surface area contributed by atoms with Crippen molar-refractivity contribution >= 4 is 11.9 Å². The topological polar surface area (TPSA) is 46.6 Å². The quantitative estimate of drug-likeness (QED) is 0.786. The monoisotopic (exact) mass is 293 g/mol. The van der Waals surface area contributed by atoms with Gasteiger partial charge in [-0.1, -0.05) is 12.1 Å². The highest BCUT2D eigenvalue weighted by Crippen LogP contribution is 2.23. The second kappa shape index (κ2) is 5.84. The first kappa shape index (κ1) is 15.5. The minimum absolute atomic E-state index is 0.124. The van der Waals surface area contributed by atoms with E-state index in [-0.39, 0.29) is 11.7 Å². The number of amides is 1. The number of benzene rings is 1. The van der Waals surface area contributed by atoms with Gasteiger partial charge in [-0.25, -0.2) is 9.18 Å². The summed E-state index contributed by atoms with van der Waals surface area (Å²) in [5.41, 5.74) is -0.201. The molecule has 0 N–H and O–H groups in total. The van der Waals surface area contributed by atoms with Gasteiger partial charge in [-0.15, -0.1) is 0 Å². The van der Waals surface area contributed by atoms with Crippen molar-refractivity contribution in [2.45, 2.75) is 32.8 Å². The average Bonchev–Trinajstić information content (AvgIpc) is 2.85. The van der Waals surface area contributed by atoms with Crippen LogP contribution < -0.4 is 0 Å². The maximum Gasteiger partial charge on any atom is 0.410 e. The number of ether oxygens (including phenoxy) is 1. The first-order valence-electron chi connectivity index (χ1n) is 7.04. The van der Waals surface area contributed by atoms with Gasteiger partial charge < -0.3 is 9.64 Å². The normalized spacial score (nSPS) is 18.7. The molecule has 1 aliphatic rings. The summed E-state index contributed by atoms with van der Waals surface area (Å²) in [7, 11) is 0. The number of carbonyl (C=O) groups is 2. The van der Waals surface area contributed by atoms with E-state index in [1.807, 2.05) is 0 Å². The Morgan fingerprint density at radius 3 is 2.67 bits per heavy atom. The van der Waals surface area contributed by atoms with Gasteiger partial charge in [0.2, 0.25) is 0 Å². The maximum atomic E-state index is 13.2. The van der Waals surface area contributed by atoms with Crippen LogP contribution in [-0.2, 0) is 4.74 Å². The first-order valence-corrected chi connectivity index (χ1v) is 7.04. The van der Waals surface area contributed by atoms with Crippen LogP contribution in [0.5, 0.6) is 0 Å². The van der Waals surface area contributed by atoms with Crippen LogP contribution in [0.4, 0.5) is 9.18 Å². The van der Waals surface area contributed by atoms with E-state index in [4.69, 9.17) is 4.74 Å². The van der Waals surface area contributed by atoms with Crippen LogP contribution in [0.1, 0.15) is 37.6 Å². The lowest BCUT2D eigenvalue weighted by Gasteiger charge is -2.24. The molecule has 1 saturated heterocycles. The van der Waals surface area contributed by atoms with Crippen LogP contribution in [0, 0.1) is 11.7 Å². The molecular weight excluding hydrogens is 273 g/mol. The zero-order valence-electron chi connectivity index (χ0n) is 12.6. The Hall–Kier alpha value is -1.91. The molecule has 1 amide bonds. The summed E-state index contributed by atoms with van der Waals surface area (Å²) in [6, 6.07) is 5.65. The van der Waals surface area contributed by atoms with E-state index in [9.17, 15) is 14.0 Å². The highest BCUT2D eigenvalue weighted by Gasteiger charge is 2.33. The minimum atomic E-state index is -0.554. The number of rotatable bonds is 2. The SMILES string of the molecule is CC(C)(C)OC(=O)N1CC[C@@H](C(=O)c2cccc(F)c2)C1. The van der Waals surface area contributed by atoms with Crippen molar-refractivity contribution in [2.75, 3.05) is 13.1 Å². The van der Waals surface area contributed by atoms with Crippen LogP contribution in [0.15, 0.2) is 24.3 Å². The Kier molecular flexibility index (Phi) is 4.30. The van der Waals surface area contributed by atoms with E-state index >= 15 is 0 Å². The number of hydrogen-bond donors (Lipinski definition) is 0. The van der Waals surface area contributed by atoms with Gasteiger partial charge in [-0.3, -0.25) is 4.79 Å². The fourth-order valence-corrected chi connectivity index (χ4v) is 2.34. The van der Waals surface area contributed by atoms with Gasteiger partial charge in [0, 0.05) is 24.6 Å². The number of hydrogen-bond acceptors (Lipinski definition) is 3. The summed E-state index contributed by atoms with van der Waals surface area (Å²) in [5, 5.41) is 0. The van der Waals surface area contributed by atoms with Gasteiger partial charge in [0.25, 0.3) is 0 Å². The summed E-state index contributed by atoms with van der Waals surface area (Å²) >= 11 is 0. The second-order valence-corrected chi connectivity index (χ2v) is 6.29. The van der Waals surface area contributed by atoms with E-state index in [1.54, 1.807) is 26.8 Å². The zero-order valence-corrected chi connectivity index (χ0v) is 12.6. The van der Waals surface area contributed by atoms with E-state index < -0.39 is 17.5 Å². The highest BCUT2D eigenvalue weighted by molar-refractivity contribution is 5.98. The third kappa shape index (κ3) is 4.03. The molecule has 0 aromatic heterocycles. The predicted molar refractivity (Wildman–Crippen MR) is 76.6 cm³/mol. The molecular formula is C16H20FNO3. The molecule has 0 unspecified atom stereocenters. The van der Waals surface area contributed by atoms with E-state index in [1.165, 1.54) is 23.1 Å². The summed E-state index contributed by atoms with van der Waals surface area (Å²) in [4.78, 5) is 25.8. The standard InChI is InChI=1S/C16H20FNO3/c1-16(2,3)21-15(20)18-8-7-12(10-18)14(19)11-5-4-6-13(17)9-11/h4-6,9,12H,7-8,10H2,1-3H3/t12-/m1/s1. The number of likely N-dealkylation sites (tertiary alicyclic amines) is 1. The van der Waals surface area contributed by atoms with Crippen molar-refractivity contribution < 1.29 is 18.7 Å². The number of Topliss-reactive ketones (excluding diaryl/α,β-unsaturated/α-hetero) is 1. The van der Waals surface area contributed by atoms with Crippen LogP contribution in [0.25, 0.3) is 0 Å². The largest absolute Gasteiger partial charge is 0.444 e. The Bertz CT molecular complexity index is 551. The lowest BCUT2D eigenvalue weighted by atomic mass is 9.97. The van der Waals surface area contributed by atoms with Gasteiger partial charge in [0.1, 0.15) is 11.4 Å². The predicted octanol–water partition coefficient (Wildman–Crippen LogP) is 3.27. The first-order chi connectivity index (χ1) is 9.76. The summed E-state index contributed by atoms with van der Waals surface area (Å²) < 4.78 is 18.5. The van der Waals surface area contributed by atoms with Gasteiger partial charge in [-0.2, -0.15) is 0 Å². The molecule has 2 rings (SSSR count). The van der Waals surface area contributed by atoms with Gasteiger partial charge in [0.05, 0.1) is 0 Å². The number of halogens is 1. The van der Waals surface area contributed by atoms with E-state index in [2.05, 4.69) is 0 Å². The maximum absolute atomic E-state index is 13.2. The fraction of sp³-hybridized carbons (Fsp3) is 0.500. The van der Waals surface area contributed by atoms with Crippen LogP contribution in [0.3, 0.4) is 0 Å². The number of ketones is 1. The van der Waals surface area contributed by atoms with Crippen molar-refractivity contribution in [3.05, 3.63) is 35.6 Å². The Labute approximate surface area is 123 Å². The highest BCUT2D eigenvalue weighted by atomic mass is 19.1. The van der Waals surface area contributed by atoms with Crippen LogP contribution in [-0.4, -0.2) is 35.5 Å². The molecule has 1 atom stereocenters.